The number of anilines is 2. The normalized spacial score (nSPS) is 10.9. The van der Waals surface area contributed by atoms with Crippen LogP contribution in [-0.4, -0.2) is 48.0 Å². The Morgan fingerprint density at radius 1 is 0.694 bits per heavy atom. The lowest BCUT2D eigenvalue weighted by Gasteiger charge is -2.00. The maximum absolute atomic E-state index is 11.1. The summed E-state index contributed by atoms with van der Waals surface area (Å²) in [6.45, 7) is 1.16. The second kappa shape index (κ2) is 10.3. The largest absolute Gasteiger partial charge is 0.345 e. The van der Waals surface area contributed by atoms with E-state index in [9.17, 15) is 20.2 Å². The molecule has 0 aliphatic heterocycles. The topological polar surface area (TPSA) is 126 Å². The second-order valence-electron chi connectivity index (χ2n) is 8.22. The number of nitro benzene ring substituents is 2. The zero-order valence-electron chi connectivity index (χ0n) is 20.1. The molecule has 0 spiro atoms. The Hall–Kier alpha value is -4.04. The van der Waals surface area contributed by atoms with E-state index < -0.39 is 9.85 Å². The van der Waals surface area contributed by atoms with Gasteiger partial charge in [0.15, 0.2) is 0 Å². The van der Waals surface area contributed by atoms with Gasteiger partial charge in [0.2, 0.25) is 0 Å². The maximum atomic E-state index is 11.1. The molecule has 0 N–H and O–H groups in total. The van der Waals surface area contributed by atoms with Crippen LogP contribution in [0.15, 0.2) is 48.5 Å². The fraction of sp³-hybridized carbons (Fsp3) is 0.273. The summed E-state index contributed by atoms with van der Waals surface area (Å²) in [5.41, 5.74) is 1.61. The molecule has 0 aliphatic rings. The van der Waals surface area contributed by atoms with Crippen LogP contribution in [0, 0.1) is 20.2 Å². The van der Waals surface area contributed by atoms with Crippen molar-refractivity contribution in [3.05, 3.63) is 68.8 Å². The van der Waals surface area contributed by atoms with Crippen molar-refractivity contribution < 1.29 is 17.8 Å². The average molecular weight is 529 g/mol. The van der Waals surface area contributed by atoms with Crippen LogP contribution in [-0.2, 0) is 13.1 Å². The number of nitrogens with zero attached hydrogens (tertiary/aromatic N) is 8. The zero-order chi connectivity index (χ0) is 26.0. The van der Waals surface area contributed by atoms with Gasteiger partial charge in [0.25, 0.3) is 11.4 Å². The summed E-state index contributed by atoms with van der Waals surface area (Å²) < 4.78 is 4.11. The van der Waals surface area contributed by atoms with E-state index in [2.05, 4.69) is 7.91 Å². The highest BCUT2D eigenvalue weighted by Crippen LogP contribution is 2.25. The van der Waals surface area contributed by atoms with Crippen molar-refractivity contribution in [3.63, 3.8) is 0 Å². The van der Waals surface area contributed by atoms with E-state index in [0.717, 1.165) is 21.4 Å². The molecule has 36 heavy (non-hydrogen) atoms. The van der Waals surface area contributed by atoms with Crippen molar-refractivity contribution in [2.45, 2.75) is 13.1 Å². The van der Waals surface area contributed by atoms with Gasteiger partial charge in [0.05, 0.1) is 21.0 Å². The number of hydrogen-bond donors (Lipinski definition) is 0. The smallest absolute Gasteiger partial charge is 0.331 e. The van der Waals surface area contributed by atoms with Gasteiger partial charge in [-0.25, -0.2) is 0 Å². The van der Waals surface area contributed by atoms with E-state index >= 15 is 0 Å². The molecule has 0 saturated carbocycles. The van der Waals surface area contributed by atoms with Gasteiger partial charge in [0.1, 0.15) is 36.2 Å². The SMILES string of the molecule is CN(C)c1nc(-c2ccc([N+](=O)[O-])cc2)[n+](CC[n+]2sc(N(C)C)nc2-c2ccc([N+](=O)[O-])cc2)s1. The third kappa shape index (κ3) is 5.28. The van der Waals surface area contributed by atoms with Crippen molar-refractivity contribution in [2.75, 3.05) is 38.0 Å². The Kier molecular flexibility index (Phi) is 7.17. The number of nitro groups is 2. The minimum Gasteiger partial charge on any atom is -0.331 e. The van der Waals surface area contributed by atoms with Crippen molar-refractivity contribution in [1.29, 1.82) is 0 Å². The summed E-state index contributed by atoms with van der Waals surface area (Å²) in [7, 11) is 7.65. The fourth-order valence-corrected chi connectivity index (χ4v) is 5.13. The minimum absolute atomic E-state index is 0.0255. The van der Waals surface area contributed by atoms with Gasteiger partial charge in [-0.1, -0.05) is 0 Å². The molecule has 0 fully saturated rings. The van der Waals surface area contributed by atoms with Crippen LogP contribution in [0.3, 0.4) is 0 Å². The van der Waals surface area contributed by atoms with E-state index in [1.807, 2.05) is 38.0 Å². The molecule has 14 heteroatoms. The summed E-state index contributed by atoms with van der Waals surface area (Å²) >= 11 is 2.99. The Morgan fingerprint density at radius 3 is 1.31 bits per heavy atom. The molecular formula is C22H24N8O4S2+2. The summed E-state index contributed by atoms with van der Waals surface area (Å²) in [5, 5.41) is 23.7. The highest BCUT2D eigenvalue weighted by molar-refractivity contribution is 7.06. The summed E-state index contributed by atoms with van der Waals surface area (Å²) in [5.74, 6) is 1.43. The molecule has 4 aromatic rings. The molecule has 0 amide bonds. The highest BCUT2D eigenvalue weighted by atomic mass is 32.1. The summed E-state index contributed by atoms with van der Waals surface area (Å²) in [6, 6.07) is 12.7. The molecule has 186 valence electrons. The van der Waals surface area contributed by atoms with E-state index in [0.29, 0.717) is 24.7 Å². The number of rotatable bonds is 9. The average Bonchev–Trinajstić information content (AvgIpc) is 3.48. The van der Waals surface area contributed by atoms with E-state index in [1.54, 1.807) is 24.3 Å². The van der Waals surface area contributed by atoms with E-state index in [4.69, 9.17) is 9.97 Å². The zero-order valence-corrected chi connectivity index (χ0v) is 21.7. The second-order valence-corrected chi connectivity index (χ2v) is 10.2. The standard InChI is InChI=1S/C22H24N8O4S2/c1-25(2)21-23-19(15-5-9-17(10-6-15)29(31)32)27(35-21)13-14-28-20(24-22(36-28)26(3)4)16-7-11-18(12-8-16)30(33)34/h5-12H,13-14H2,1-4H3/q+2. The first kappa shape index (κ1) is 25.1. The van der Waals surface area contributed by atoms with Crippen molar-refractivity contribution in [1.82, 2.24) is 9.97 Å². The Morgan fingerprint density at radius 2 is 1.03 bits per heavy atom. The third-order valence-corrected chi connectivity index (χ3v) is 7.59. The van der Waals surface area contributed by atoms with E-state index in [1.165, 1.54) is 47.3 Å². The van der Waals surface area contributed by atoms with Gasteiger partial charge in [-0.3, -0.25) is 20.2 Å². The molecule has 0 bridgehead atoms. The molecule has 2 aromatic carbocycles. The fourth-order valence-electron chi connectivity index (χ4n) is 3.35. The Balaban J connectivity index is 1.67. The number of aromatic nitrogens is 4. The molecular weight excluding hydrogens is 504 g/mol. The third-order valence-electron chi connectivity index (χ3n) is 5.20. The molecule has 0 unspecified atom stereocenters. The first-order valence-corrected chi connectivity index (χ1v) is 12.4. The van der Waals surface area contributed by atoms with Gasteiger partial charge in [0, 0.05) is 52.5 Å². The number of non-ortho nitro benzene ring substituents is 2. The molecule has 0 radical (unpaired) electrons. The van der Waals surface area contributed by atoms with Crippen LogP contribution >= 0.6 is 23.1 Å². The lowest BCUT2D eigenvalue weighted by molar-refractivity contribution is -0.707. The van der Waals surface area contributed by atoms with Crippen LogP contribution < -0.4 is 17.7 Å². The lowest BCUT2D eigenvalue weighted by atomic mass is 10.2. The summed E-state index contributed by atoms with van der Waals surface area (Å²) in [4.78, 5) is 34.6. The van der Waals surface area contributed by atoms with E-state index in [-0.39, 0.29) is 11.4 Å². The van der Waals surface area contributed by atoms with Crippen molar-refractivity contribution >= 4 is 44.7 Å². The van der Waals surface area contributed by atoms with Gasteiger partial charge in [-0.05, 0) is 34.2 Å². The van der Waals surface area contributed by atoms with Crippen LogP contribution in [0.1, 0.15) is 0 Å². The number of aryl methyl sites for hydroxylation is 2. The van der Waals surface area contributed by atoms with Crippen LogP contribution in [0.2, 0.25) is 0 Å². The minimum atomic E-state index is -0.424. The lowest BCUT2D eigenvalue weighted by Crippen LogP contribution is -2.42. The monoisotopic (exact) mass is 528 g/mol. The van der Waals surface area contributed by atoms with Crippen LogP contribution in [0.4, 0.5) is 21.6 Å². The van der Waals surface area contributed by atoms with Crippen LogP contribution in [0.5, 0.6) is 0 Å². The molecule has 0 atom stereocenters. The first-order chi connectivity index (χ1) is 17.1. The Bertz CT molecular complexity index is 1290. The van der Waals surface area contributed by atoms with Gasteiger partial charge in [-0.2, -0.15) is 7.91 Å². The summed E-state index contributed by atoms with van der Waals surface area (Å²) in [6.07, 6.45) is 0. The van der Waals surface area contributed by atoms with Crippen LogP contribution in [0.25, 0.3) is 22.8 Å². The molecule has 0 saturated heterocycles. The molecule has 2 heterocycles. The maximum Gasteiger partial charge on any atom is 0.345 e. The van der Waals surface area contributed by atoms with Gasteiger partial charge in [-0.15, -0.1) is 0 Å². The molecule has 2 aromatic heterocycles. The number of benzene rings is 2. The Labute approximate surface area is 214 Å². The van der Waals surface area contributed by atoms with Gasteiger partial charge < -0.3 is 9.80 Å². The predicted octanol–water partition coefficient (Wildman–Crippen LogP) is 3.16. The molecule has 12 nitrogen and oxygen atoms in total. The molecule has 0 aliphatic carbocycles. The van der Waals surface area contributed by atoms with Gasteiger partial charge >= 0.3 is 21.9 Å². The van der Waals surface area contributed by atoms with Crippen molar-refractivity contribution in [3.8, 4) is 22.8 Å². The molecule has 4 rings (SSSR count). The first-order valence-electron chi connectivity index (χ1n) is 10.8. The quantitative estimate of drug-likeness (QED) is 0.184. The van der Waals surface area contributed by atoms with Crippen molar-refractivity contribution in [2.24, 2.45) is 0 Å². The number of hydrogen-bond acceptors (Lipinski definition) is 10. The highest BCUT2D eigenvalue weighted by Gasteiger charge is 2.28. The predicted molar refractivity (Wildman–Crippen MR) is 137 cm³/mol.